The van der Waals surface area contributed by atoms with Gasteiger partial charge in [0.15, 0.2) is 0 Å². The standard InChI is InChI=1S/C13H14F3N3/c1-2-6-17-12-8-11(18-19-12)9-4-3-5-10(7-9)13(14,15)16/h3-5,7-8H,2,6H2,1H3,(H2,17,18,19). The van der Waals surface area contributed by atoms with Gasteiger partial charge in [0.05, 0.1) is 11.3 Å². The molecule has 102 valence electrons. The van der Waals surface area contributed by atoms with E-state index >= 15 is 0 Å². The van der Waals surface area contributed by atoms with Crippen LogP contribution in [0.4, 0.5) is 19.0 Å². The maximum Gasteiger partial charge on any atom is 0.416 e. The molecule has 1 heterocycles. The van der Waals surface area contributed by atoms with Crippen molar-refractivity contribution in [2.24, 2.45) is 0 Å². The lowest BCUT2D eigenvalue weighted by atomic mass is 10.1. The van der Waals surface area contributed by atoms with Crippen molar-refractivity contribution in [3.63, 3.8) is 0 Å². The van der Waals surface area contributed by atoms with Crippen LogP contribution in [-0.2, 0) is 6.18 Å². The van der Waals surface area contributed by atoms with E-state index < -0.39 is 11.7 Å². The van der Waals surface area contributed by atoms with Gasteiger partial charge in [0, 0.05) is 18.2 Å². The van der Waals surface area contributed by atoms with Crippen LogP contribution in [0.5, 0.6) is 0 Å². The van der Waals surface area contributed by atoms with E-state index in [2.05, 4.69) is 15.5 Å². The van der Waals surface area contributed by atoms with Crippen LogP contribution in [0.3, 0.4) is 0 Å². The minimum absolute atomic E-state index is 0.465. The van der Waals surface area contributed by atoms with Crippen LogP contribution in [0.1, 0.15) is 18.9 Å². The highest BCUT2D eigenvalue weighted by atomic mass is 19.4. The third-order valence-corrected chi connectivity index (χ3v) is 2.63. The molecule has 6 heteroatoms. The minimum atomic E-state index is -4.33. The Balaban J connectivity index is 2.24. The Labute approximate surface area is 108 Å². The predicted molar refractivity (Wildman–Crippen MR) is 67.8 cm³/mol. The second-order valence-corrected chi connectivity index (χ2v) is 4.17. The number of H-pyrrole nitrogens is 1. The smallest absolute Gasteiger partial charge is 0.369 e. The average Bonchev–Trinajstić information content (AvgIpc) is 2.84. The highest BCUT2D eigenvalue weighted by Crippen LogP contribution is 2.32. The van der Waals surface area contributed by atoms with Crippen molar-refractivity contribution in [3.8, 4) is 11.3 Å². The summed E-state index contributed by atoms with van der Waals surface area (Å²) >= 11 is 0. The van der Waals surface area contributed by atoms with Gasteiger partial charge in [-0.15, -0.1) is 0 Å². The van der Waals surface area contributed by atoms with Crippen molar-refractivity contribution < 1.29 is 13.2 Å². The van der Waals surface area contributed by atoms with E-state index in [9.17, 15) is 13.2 Å². The third kappa shape index (κ3) is 3.27. The highest BCUT2D eigenvalue weighted by molar-refractivity contribution is 5.63. The quantitative estimate of drug-likeness (QED) is 0.883. The molecule has 3 nitrogen and oxygen atoms in total. The molecule has 0 aliphatic heterocycles. The first-order valence-corrected chi connectivity index (χ1v) is 5.97. The fraction of sp³-hybridized carbons (Fsp3) is 0.308. The molecule has 0 saturated carbocycles. The van der Waals surface area contributed by atoms with Gasteiger partial charge in [0.2, 0.25) is 0 Å². The summed E-state index contributed by atoms with van der Waals surface area (Å²) in [6.07, 6.45) is -3.38. The number of aromatic nitrogens is 2. The Morgan fingerprint density at radius 1 is 1.26 bits per heavy atom. The van der Waals surface area contributed by atoms with Crippen LogP contribution in [0, 0.1) is 0 Å². The molecule has 2 N–H and O–H groups in total. The van der Waals surface area contributed by atoms with Crippen molar-refractivity contribution in [1.29, 1.82) is 0 Å². The molecule has 19 heavy (non-hydrogen) atoms. The molecule has 0 aliphatic rings. The molecule has 1 aromatic carbocycles. The molecule has 0 unspecified atom stereocenters. The zero-order valence-electron chi connectivity index (χ0n) is 10.4. The van der Waals surface area contributed by atoms with Gasteiger partial charge in [0.1, 0.15) is 5.82 Å². The molecule has 0 atom stereocenters. The van der Waals surface area contributed by atoms with Crippen LogP contribution in [0.15, 0.2) is 30.3 Å². The number of nitrogens with one attached hydrogen (secondary N) is 2. The molecule has 0 radical (unpaired) electrons. The van der Waals surface area contributed by atoms with Gasteiger partial charge in [-0.25, -0.2) is 0 Å². The Morgan fingerprint density at radius 3 is 2.74 bits per heavy atom. The van der Waals surface area contributed by atoms with E-state index in [1.807, 2.05) is 6.92 Å². The van der Waals surface area contributed by atoms with Crippen molar-refractivity contribution in [2.45, 2.75) is 19.5 Å². The molecule has 1 aromatic heterocycles. The second kappa shape index (κ2) is 5.34. The van der Waals surface area contributed by atoms with E-state index in [1.165, 1.54) is 6.07 Å². The largest absolute Gasteiger partial charge is 0.416 e. The van der Waals surface area contributed by atoms with Gasteiger partial charge >= 0.3 is 6.18 Å². The van der Waals surface area contributed by atoms with Gasteiger partial charge in [-0.3, -0.25) is 5.10 Å². The van der Waals surface area contributed by atoms with Crippen molar-refractivity contribution >= 4 is 5.82 Å². The number of nitrogens with zero attached hydrogens (tertiary/aromatic N) is 1. The van der Waals surface area contributed by atoms with Gasteiger partial charge in [-0.2, -0.15) is 18.3 Å². The molecule has 0 amide bonds. The summed E-state index contributed by atoms with van der Waals surface area (Å²) in [6.45, 7) is 2.79. The molecule has 2 aromatic rings. The fourth-order valence-electron chi connectivity index (χ4n) is 1.68. The van der Waals surface area contributed by atoms with Crippen LogP contribution in [0.2, 0.25) is 0 Å². The summed E-state index contributed by atoms with van der Waals surface area (Å²) in [5.41, 5.74) is 0.360. The number of hydrogen-bond donors (Lipinski definition) is 2. The number of benzene rings is 1. The monoisotopic (exact) mass is 269 g/mol. The number of halogens is 3. The predicted octanol–water partition coefficient (Wildman–Crippen LogP) is 3.92. The minimum Gasteiger partial charge on any atom is -0.369 e. The maximum absolute atomic E-state index is 12.6. The van der Waals surface area contributed by atoms with E-state index in [-0.39, 0.29) is 0 Å². The summed E-state index contributed by atoms with van der Waals surface area (Å²) in [5, 5.41) is 9.80. The lowest BCUT2D eigenvalue weighted by Gasteiger charge is -2.07. The number of alkyl halides is 3. The summed E-state index contributed by atoms with van der Waals surface area (Å²) in [4.78, 5) is 0. The first kappa shape index (κ1) is 13.5. The van der Waals surface area contributed by atoms with Gasteiger partial charge < -0.3 is 5.32 Å². The first-order chi connectivity index (χ1) is 9.00. The maximum atomic E-state index is 12.6. The summed E-state index contributed by atoms with van der Waals surface area (Å²) in [6, 6.07) is 6.86. The molecule has 0 bridgehead atoms. The Hall–Kier alpha value is -1.98. The average molecular weight is 269 g/mol. The molecule has 0 fully saturated rings. The highest BCUT2D eigenvalue weighted by Gasteiger charge is 2.30. The van der Waals surface area contributed by atoms with E-state index in [4.69, 9.17) is 0 Å². The third-order valence-electron chi connectivity index (χ3n) is 2.63. The zero-order valence-corrected chi connectivity index (χ0v) is 10.4. The topological polar surface area (TPSA) is 40.7 Å². The Morgan fingerprint density at radius 2 is 2.05 bits per heavy atom. The van der Waals surface area contributed by atoms with Crippen LogP contribution < -0.4 is 5.32 Å². The number of anilines is 1. The summed E-state index contributed by atoms with van der Waals surface area (Å²) in [7, 11) is 0. The van der Waals surface area contributed by atoms with Gasteiger partial charge in [-0.05, 0) is 18.6 Å². The van der Waals surface area contributed by atoms with Crippen molar-refractivity contribution in [3.05, 3.63) is 35.9 Å². The summed E-state index contributed by atoms with van der Waals surface area (Å²) in [5.74, 6) is 0.634. The number of hydrogen-bond acceptors (Lipinski definition) is 2. The van der Waals surface area contributed by atoms with Crippen molar-refractivity contribution in [1.82, 2.24) is 10.2 Å². The number of aromatic amines is 1. The van der Waals surface area contributed by atoms with E-state index in [0.717, 1.165) is 25.1 Å². The normalized spacial score (nSPS) is 11.6. The molecule has 0 aliphatic carbocycles. The Kier molecular flexibility index (Phi) is 3.78. The lowest BCUT2D eigenvalue weighted by Crippen LogP contribution is -2.04. The van der Waals surface area contributed by atoms with Gasteiger partial charge in [0.25, 0.3) is 0 Å². The van der Waals surface area contributed by atoms with Gasteiger partial charge in [-0.1, -0.05) is 19.1 Å². The van der Waals surface area contributed by atoms with E-state index in [1.54, 1.807) is 12.1 Å². The summed E-state index contributed by atoms with van der Waals surface area (Å²) < 4.78 is 37.9. The SMILES string of the molecule is CCCNc1cc(-c2cccc(C(F)(F)F)c2)[nH]n1. The molecule has 0 spiro atoms. The van der Waals surface area contributed by atoms with Crippen LogP contribution in [0.25, 0.3) is 11.3 Å². The molecular weight excluding hydrogens is 255 g/mol. The van der Waals surface area contributed by atoms with Crippen LogP contribution >= 0.6 is 0 Å². The van der Waals surface area contributed by atoms with E-state index in [0.29, 0.717) is 17.1 Å². The fourth-order valence-corrected chi connectivity index (χ4v) is 1.68. The van der Waals surface area contributed by atoms with Crippen molar-refractivity contribution in [2.75, 3.05) is 11.9 Å². The molecule has 0 saturated heterocycles. The Bertz CT molecular complexity index is 546. The lowest BCUT2D eigenvalue weighted by molar-refractivity contribution is -0.137. The van der Waals surface area contributed by atoms with Crippen LogP contribution in [-0.4, -0.2) is 16.7 Å². The molecule has 2 rings (SSSR count). The molecular formula is C13H14F3N3. The number of rotatable bonds is 4. The zero-order chi connectivity index (χ0) is 13.9. The second-order valence-electron chi connectivity index (χ2n) is 4.17. The first-order valence-electron chi connectivity index (χ1n) is 5.97.